The van der Waals surface area contributed by atoms with Crippen LogP contribution in [0.15, 0.2) is 0 Å². The average Bonchev–Trinajstić information content (AvgIpc) is 2.59. The zero-order chi connectivity index (χ0) is 13.7. The third kappa shape index (κ3) is 3.70. The van der Waals surface area contributed by atoms with Crippen LogP contribution < -0.4 is 0 Å². The summed E-state index contributed by atoms with van der Waals surface area (Å²) in [4.78, 5) is 35.2. The molecule has 1 heterocycles. The van der Waals surface area contributed by atoms with Crippen LogP contribution in [0.2, 0.25) is 0 Å². The Morgan fingerprint density at radius 3 is 2.39 bits per heavy atom. The van der Waals surface area contributed by atoms with E-state index in [9.17, 15) is 14.4 Å². The number of carbonyl (C=O) groups is 3. The van der Waals surface area contributed by atoms with Gasteiger partial charge in [0, 0.05) is 18.5 Å². The molecule has 0 aliphatic rings. The first-order valence-electron chi connectivity index (χ1n) is 5.51. The first kappa shape index (κ1) is 14.4. The van der Waals surface area contributed by atoms with Crippen LogP contribution in [0.3, 0.4) is 0 Å². The zero-order valence-electron chi connectivity index (χ0n) is 9.96. The maximum Gasteiger partial charge on any atom is 0.303 e. The Morgan fingerprint density at radius 2 is 1.89 bits per heavy atom. The van der Waals surface area contributed by atoms with Crippen LogP contribution >= 0.6 is 11.6 Å². The molecule has 0 saturated heterocycles. The molecule has 1 rings (SSSR count). The molecule has 0 unspecified atom stereocenters. The van der Waals surface area contributed by atoms with Gasteiger partial charge in [0.15, 0.2) is 6.29 Å². The van der Waals surface area contributed by atoms with Gasteiger partial charge in [-0.25, -0.2) is 0 Å². The number of aryl methyl sites for hydroxylation is 1. The molecule has 2 N–H and O–H groups in total. The van der Waals surface area contributed by atoms with E-state index < -0.39 is 11.2 Å². The Hall–Kier alpha value is -1.62. The van der Waals surface area contributed by atoms with Crippen molar-refractivity contribution in [2.24, 2.45) is 0 Å². The van der Waals surface area contributed by atoms with Crippen LogP contribution in [0.1, 0.15) is 40.2 Å². The molecule has 1 aromatic rings. The van der Waals surface area contributed by atoms with E-state index >= 15 is 0 Å². The van der Waals surface area contributed by atoms with Crippen molar-refractivity contribution in [2.45, 2.75) is 32.6 Å². The molecule has 0 bridgehead atoms. The number of rotatable bonds is 7. The van der Waals surface area contributed by atoms with Gasteiger partial charge in [-0.2, -0.15) is 0 Å². The predicted octanol–water partition coefficient (Wildman–Crippen LogP) is 1.85. The second-order valence-electron chi connectivity index (χ2n) is 3.99. The first-order valence-corrected chi connectivity index (χ1v) is 5.89. The minimum atomic E-state index is -0.900. The average molecular weight is 272 g/mol. The number of aliphatic carboxylic acids is 1. The van der Waals surface area contributed by atoms with E-state index in [1.54, 1.807) is 6.92 Å². The monoisotopic (exact) mass is 271 g/mol. The van der Waals surface area contributed by atoms with Crippen molar-refractivity contribution in [3.05, 3.63) is 22.5 Å². The van der Waals surface area contributed by atoms with Gasteiger partial charge in [0.1, 0.15) is 0 Å². The highest BCUT2D eigenvalue weighted by atomic mass is 35.5. The van der Waals surface area contributed by atoms with Gasteiger partial charge < -0.3 is 10.1 Å². The number of hydrogen-bond donors (Lipinski definition) is 2. The summed E-state index contributed by atoms with van der Waals surface area (Å²) in [7, 11) is 0. The van der Waals surface area contributed by atoms with Gasteiger partial charge in [-0.05, 0) is 42.5 Å². The van der Waals surface area contributed by atoms with Crippen molar-refractivity contribution in [2.75, 3.05) is 0 Å². The molecule has 18 heavy (non-hydrogen) atoms. The standard InChI is InChI=1S/C12H14ClNO4/c1-7-8(3-5-12(17)18)9(2-4-11(13)16)10(6-15)14-7/h6,14H,2-5H2,1H3,(H,17,18). The van der Waals surface area contributed by atoms with Crippen molar-refractivity contribution in [1.29, 1.82) is 0 Å². The Kier molecular flexibility index (Phi) is 5.09. The SMILES string of the molecule is Cc1[nH]c(C=O)c(CCC(=O)Cl)c1CCC(=O)O. The van der Waals surface area contributed by atoms with Crippen molar-refractivity contribution in [3.8, 4) is 0 Å². The highest BCUT2D eigenvalue weighted by Crippen LogP contribution is 2.21. The summed E-state index contributed by atoms with van der Waals surface area (Å²) in [5.74, 6) is -0.900. The van der Waals surface area contributed by atoms with Gasteiger partial charge in [0.25, 0.3) is 0 Å². The normalized spacial score (nSPS) is 10.3. The van der Waals surface area contributed by atoms with Gasteiger partial charge in [-0.3, -0.25) is 14.4 Å². The molecule has 5 nitrogen and oxygen atoms in total. The Morgan fingerprint density at radius 1 is 1.28 bits per heavy atom. The molecule has 0 aromatic carbocycles. The Bertz CT molecular complexity index is 479. The van der Waals surface area contributed by atoms with Gasteiger partial charge >= 0.3 is 5.97 Å². The maximum absolute atomic E-state index is 10.9. The van der Waals surface area contributed by atoms with Crippen LogP contribution in [0.25, 0.3) is 0 Å². The maximum atomic E-state index is 10.9. The lowest BCUT2D eigenvalue weighted by Crippen LogP contribution is -2.02. The van der Waals surface area contributed by atoms with Crippen LogP contribution in [0, 0.1) is 6.92 Å². The number of carboxylic acid groups (broad SMARTS) is 1. The summed E-state index contributed by atoms with van der Waals surface area (Å²) in [6, 6.07) is 0. The zero-order valence-corrected chi connectivity index (χ0v) is 10.7. The van der Waals surface area contributed by atoms with Crippen LogP contribution in [-0.2, 0) is 22.4 Å². The number of H-pyrrole nitrogens is 1. The molecule has 0 radical (unpaired) electrons. The molecule has 0 amide bonds. The van der Waals surface area contributed by atoms with Gasteiger partial charge in [0.2, 0.25) is 5.24 Å². The molecule has 6 heteroatoms. The fourth-order valence-corrected chi connectivity index (χ4v) is 2.02. The third-order valence-electron chi connectivity index (χ3n) is 2.74. The fourth-order valence-electron chi connectivity index (χ4n) is 1.92. The smallest absolute Gasteiger partial charge is 0.303 e. The number of aromatic amines is 1. The van der Waals surface area contributed by atoms with Gasteiger partial charge in [-0.1, -0.05) is 0 Å². The van der Waals surface area contributed by atoms with Crippen molar-refractivity contribution in [1.82, 2.24) is 4.98 Å². The Labute approximate surface area is 109 Å². The van der Waals surface area contributed by atoms with E-state index in [-0.39, 0.29) is 12.8 Å². The van der Waals surface area contributed by atoms with E-state index in [1.807, 2.05) is 0 Å². The van der Waals surface area contributed by atoms with Gasteiger partial charge in [-0.15, -0.1) is 0 Å². The van der Waals surface area contributed by atoms with Crippen molar-refractivity contribution in [3.63, 3.8) is 0 Å². The lowest BCUT2D eigenvalue weighted by molar-refractivity contribution is -0.137. The molecule has 98 valence electrons. The van der Waals surface area contributed by atoms with E-state index in [2.05, 4.69) is 4.98 Å². The van der Waals surface area contributed by atoms with E-state index in [0.29, 0.717) is 30.4 Å². The Balaban J connectivity index is 2.97. The van der Waals surface area contributed by atoms with E-state index in [1.165, 1.54) is 0 Å². The molecule has 1 aromatic heterocycles. The van der Waals surface area contributed by atoms with Crippen LogP contribution in [0.5, 0.6) is 0 Å². The molecular weight excluding hydrogens is 258 g/mol. The topological polar surface area (TPSA) is 87.2 Å². The lowest BCUT2D eigenvalue weighted by atomic mass is 10.0. The highest BCUT2D eigenvalue weighted by molar-refractivity contribution is 6.63. The molecule has 0 atom stereocenters. The molecule has 0 spiro atoms. The molecular formula is C12H14ClNO4. The lowest BCUT2D eigenvalue weighted by Gasteiger charge is -2.03. The minimum absolute atomic E-state index is 0.0151. The second kappa shape index (κ2) is 6.35. The quantitative estimate of drug-likeness (QED) is 0.585. The van der Waals surface area contributed by atoms with Gasteiger partial charge in [0.05, 0.1) is 5.69 Å². The molecule has 0 saturated carbocycles. The summed E-state index contributed by atoms with van der Waals surface area (Å²) in [5.41, 5.74) is 2.64. The number of halogens is 1. The third-order valence-corrected chi connectivity index (χ3v) is 2.93. The summed E-state index contributed by atoms with van der Waals surface area (Å²) in [5, 5.41) is 8.21. The minimum Gasteiger partial charge on any atom is -0.481 e. The van der Waals surface area contributed by atoms with Crippen LogP contribution in [0.4, 0.5) is 0 Å². The summed E-state index contributed by atoms with van der Waals surface area (Å²) in [6.45, 7) is 1.77. The fraction of sp³-hybridized carbons (Fsp3) is 0.417. The summed E-state index contributed by atoms with van der Waals surface area (Å²) >= 11 is 5.28. The molecule has 0 aliphatic heterocycles. The number of aldehydes is 1. The number of hydrogen-bond acceptors (Lipinski definition) is 3. The number of carbonyl (C=O) groups excluding carboxylic acids is 2. The predicted molar refractivity (Wildman–Crippen MR) is 66.1 cm³/mol. The summed E-state index contributed by atoms with van der Waals surface area (Å²) < 4.78 is 0. The van der Waals surface area contributed by atoms with Crippen molar-refractivity contribution >= 4 is 29.1 Å². The molecule has 0 fully saturated rings. The number of nitrogens with one attached hydrogen (secondary N) is 1. The largest absolute Gasteiger partial charge is 0.481 e. The number of aromatic nitrogens is 1. The summed E-state index contributed by atoms with van der Waals surface area (Å²) in [6.07, 6.45) is 1.46. The first-order chi connectivity index (χ1) is 8.45. The van der Waals surface area contributed by atoms with E-state index in [4.69, 9.17) is 16.7 Å². The van der Waals surface area contributed by atoms with Crippen molar-refractivity contribution < 1.29 is 19.5 Å². The number of carboxylic acids is 1. The van der Waals surface area contributed by atoms with E-state index in [0.717, 1.165) is 11.3 Å². The van der Waals surface area contributed by atoms with Crippen LogP contribution in [-0.4, -0.2) is 27.6 Å². The second-order valence-corrected chi connectivity index (χ2v) is 4.41. The molecule has 0 aliphatic carbocycles. The highest BCUT2D eigenvalue weighted by Gasteiger charge is 2.16.